The van der Waals surface area contributed by atoms with Gasteiger partial charge in [-0.2, -0.15) is 13.2 Å². The number of alkyl halides is 3. The summed E-state index contributed by atoms with van der Waals surface area (Å²) in [6.07, 6.45) is -7.00. The van der Waals surface area contributed by atoms with E-state index in [0.717, 1.165) is 18.3 Å². The molecule has 1 rings (SSSR count). The Kier molecular flexibility index (Phi) is 6.69. The number of aliphatic hydroxyl groups excluding tert-OH is 1. The third-order valence-corrected chi connectivity index (χ3v) is 3.33. The molecule has 0 amide bonds. The normalized spacial score (nSPS) is 13.9. The Hall–Kier alpha value is -0.870. The van der Waals surface area contributed by atoms with Crippen LogP contribution in [-0.2, 0) is 6.54 Å². The zero-order chi connectivity index (χ0) is 15.2. The first-order chi connectivity index (χ1) is 9.30. The molecule has 0 aliphatic heterocycles. The lowest BCUT2D eigenvalue weighted by Crippen LogP contribution is -2.30. The van der Waals surface area contributed by atoms with Crippen LogP contribution in [0.2, 0.25) is 0 Å². The maximum Gasteiger partial charge on any atom is 0.415 e. The van der Waals surface area contributed by atoms with E-state index in [0.29, 0.717) is 19.0 Å². The Morgan fingerprint density at radius 3 is 2.70 bits per heavy atom. The predicted molar refractivity (Wildman–Crippen MR) is 68.3 cm³/mol. The van der Waals surface area contributed by atoms with E-state index in [1.165, 1.54) is 4.68 Å². The molecule has 0 saturated heterocycles. The molecule has 0 fully saturated rings. The molecule has 0 aliphatic rings. The number of hydrogen-bond acceptors (Lipinski definition) is 6. The molecule has 0 saturated carbocycles. The fourth-order valence-electron chi connectivity index (χ4n) is 1.26. The van der Waals surface area contributed by atoms with Gasteiger partial charge in [-0.25, -0.2) is 4.68 Å². The summed E-state index contributed by atoms with van der Waals surface area (Å²) in [5, 5.41) is 23.1. The predicted octanol–water partition coefficient (Wildman–Crippen LogP) is 0.934. The molecule has 10 heteroatoms. The van der Waals surface area contributed by atoms with Gasteiger partial charge in [0.1, 0.15) is 0 Å². The maximum atomic E-state index is 12.2. The van der Waals surface area contributed by atoms with Gasteiger partial charge in [-0.3, -0.25) is 0 Å². The molecule has 0 spiro atoms. The second-order valence-corrected chi connectivity index (χ2v) is 5.64. The van der Waals surface area contributed by atoms with E-state index in [1.807, 2.05) is 0 Å². The zero-order valence-corrected chi connectivity index (χ0v) is 12.1. The second kappa shape index (κ2) is 7.79. The van der Waals surface area contributed by atoms with Crippen LogP contribution in [0.3, 0.4) is 0 Å². The van der Waals surface area contributed by atoms with Crippen LogP contribution in [0.25, 0.3) is 0 Å². The third-order valence-electron chi connectivity index (χ3n) is 2.30. The van der Waals surface area contributed by atoms with Crippen molar-refractivity contribution in [3.05, 3.63) is 0 Å². The Morgan fingerprint density at radius 2 is 2.10 bits per heavy atom. The highest BCUT2D eigenvalue weighted by atomic mass is 32.2. The summed E-state index contributed by atoms with van der Waals surface area (Å²) in [6, 6.07) is 0. The van der Waals surface area contributed by atoms with Gasteiger partial charge in [0.05, 0.1) is 6.54 Å². The summed E-state index contributed by atoms with van der Waals surface area (Å²) in [6.45, 7) is 6.08. The lowest BCUT2D eigenvalue weighted by Gasteiger charge is -2.13. The monoisotopic (exact) mass is 313 g/mol. The standard InChI is InChI=1S/C10H18F3N5OS/c1-7(2)5-14-3-4-18-9(15-16-17-18)20-6-8(19)10(11,12)13/h7-8,14,19H,3-6H2,1-2H3. The molecule has 20 heavy (non-hydrogen) atoms. The Labute approximate surface area is 119 Å². The topological polar surface area (TPSA) is 75.9 Å². The number of nitrogens with zero attached hydrogens (tertiary/aromatic N) is 4. The fraction of sp³-hybridized carbons (Fsp3) is 0.900. The van der Waals surface area contributed by atoms with Gasteiger partial charge in [0.15, 0.2) is 6.10 Å². The summed E-state index contributed by atoms with van der Waals surface area (Å²) in [4.78, 5) is 0. The van der Waals surface area contributed by atoms with Crippen LogP contribution < -0.4 is 5.32 Å². The van der Waals surface area contributed by atoms with Crippen LogP contribution in [0.15, 0.2) is 5.16 Å². The summed E-state index contributed by atoms with van der Waals surface area (Å²) in [7, 11) is 0. The first kappa shape index (κ1) is 17.2. The molecule has 1 atom stereocenters. The molecule has 0 aromatic carbocycles. The average molecular weight is 313 g/mol. The number of aromatic nitrogens is 4. The first-order valence-corrected chi connectivity index (χ1v) is 7.13. The maximum absolute atomic E-state index is 12.2. The van der Waals surface area contributed by atoms with Crippen LogP contribution in [0.1, 0.15) is 13.8 Å². The highest BCUT2D eigenvalue weighted by Crippen LogP contribution is 2.25. The third kappa shape index (κ3) is 6.06. The minimum absolute atomic E-state index is 0.264. The number of tetrazole rings is 1. The van der Waals surface area contributed by atoms with E-state index in [4.69, 9.17) is 5.11 Å². The SMILES string of the molecule is CC(C)CNCCn1nnnc1SCC(O)C(F)(F)F. The van der Waals surface area contributed by atoms with Gasteiger partial charge in [-0.05, 0) is 22.9 Å². The molecule has 1 unspecified atom stereocenters. The second-order valence-electron chi connectivity index (χ2n) is 4.65. The van der Waals surface area contributed by atoms with Crippen molar-refractivity contribution in [1.82, 2.24) is 25.5 Å². The van der Waals surface area contributed by atoms with Gasteiger partial charge in [-0.15, -0.1) is 5.10 Å². The lowest BCUT2D eigenvalue weighted by molar-refractivity contribution is -0.195. The summed E-state index contributed by atoms with van der Waals surface area (Å²) >= 11 is 0.782. The lowest BCUT2D eigenvalue weighted by atomic mass is 10.2. The van der Waals surface area contributed by atoms with Gasteiger partial charge in [0.25, 0.3) is 0 Å². The molecule has 0 aliphatic carbocycles. The molecule has 6 nitrogen and oxygen atoms in total. The van der Waals surface area contributed by atoms with Crippen molar-refractivity contribution in [3.8, 4) is 0 Å². The zero-order valence-electron chi connectivity index (χ0n) is 11.3. The molecule has 0 radical (unpaired) electrons. The smallest absolute Gasteiger partial charge is 0.383 e. The van der Waals surface area contributed by atoms with Crippen LogP contribution in [-0.4, -0.2) is 56.4 Å². The largest absolute Gasteiger partial charge is 0.415 e. The highest BCUT2D eigenvalue weighted by molar-refractivity contribution is 7.99. The van der Waals surface area contributed by atoms with Gasteiger partial charge < -0.3 is 10.4 Å². The Balaban J connectivity index is 2.39. The van der Waals surface area contributed by atoms with E-state index in [9.17, 15) is 13.2 Å². The number of rotatable bonds is 8. The Bertz CT molecular complexity index is 398. The van der Waals surface area contributed by atoms with E-state index in [2.05, 4.69) is 34.7 Å². The molecular weight excluding hydrogens is 295 g/mol. The van der Waals surface area contributed by atoms with Crippen molar-refractivity contribution in [2.24, 2.45) is 5.92 Å². The first-order valence-electron chi connectivity index (χ1n) is 6.15. The van der Waals surface area contributed by atoms with Crippen LogP contribution in [0, 0.1) is 5.92 Å². The van der Waals surface area contributed by atoms with Crippen LogP contribution in [0.5, 0.6) is 0 Å². The van der Waals surface area contributed by atoms with Crippen molar-refractivity contribution in [1.29, 1.82) is 0 Å². The molecule has 116 valence electrons. The summed E-state index contributed by atoms with van der Waals surface area (Å²) < 4.78 is 37.9. The van der Waals surface area contributed by atoms with E-state index in [-0.39, 0.29) is 5.16 Å². The van der Waals surface area contributed by atoms with Crippen molar-refractivity contribution in [3.63, 3.8) is 0 Å². The van der Waals surface area contributed by atoms with Gasteiger partial charge in [0.2, 0.25) is 5.16 Å². The molecule has 0 bridgehead atoms. The van der Waals surface area contributed by atoms with Crippen molar-refractivity contribution in [2.75, 3.05) is 18.8 Å². The number of aliphatic hydroxyl groups is 1. The van der Waals surface area contributed by atoms with Crippen molar-refractivity contribution in [2.45, 2.75) is 37.8 Å². The van der Waals surface area contributed by atoms with Gasteiger partial charge >= 0.3 is 6.18 Å². The molecular formula is C10H18F3N5OS. The minimum Gasteiger partial charge on any atom is -0.383 e. The number of hydrogen-bond donors (Lipinski definition) is 2. The highest BCUT2D eigenvalue weighted by Gasteiger charge is 2.38. The summed E-state index contributed by atoms with van der Waals surface area (Å²) in [5.74, 6) is -0.0109. The minimum atomic E-state index is -4.62. The molecule has 2 N–H and O–H groups in total. The number of nitrogens with one attached hydrogen (secondary N) is 1. The van der Waals surface area contributed by atoms with Crippen molar-refractivity contribution >= 4 is 11.8 Å². The number of halogens is 3. The Morgan fingerprint density at radius 1 is 1.40 bits per heavy atom. The van der Waals surface area contributed by atoms with Gasteiger partial charge in [-0.1, -0.05) is 25.6 Å². The average Bonchev–Trinajstić information content (AvgIpc) is 2.77. The summed E-state index contributed by atoms with van der Waals surface area (Å²) in [5.41, 5.74) is 0. The van der Waals surface area contributed by atoms with Crippen molar-refractivity contribution < 1.29 is 18.3 Å². The van der Waals surface area contributed by atoms with E-state index < -0.39 is 18.0 Å². The number of thioether (sulfide) groups is 1. The van der Waals surface area contributed by atoms with Gasteiger partial charge in [0, 0.05) is 12.3 Å². The van der Waals surface area contributed by atoms with Crippen LogP contribution in [0.4, 0.5) is 13.2 Å². The fourth-order valence-corrected chi connectivity index (χ4v) is 2.13. The molecule has 1 aromatic rings. The van der Waals surface area contributed by atoms with E-state index in [1.54, 1.807) is 0 Å². The quantitative estimate of drug-likeness (QED) is 0.549. The van der Waals surface area contributed by atoms with Crippen LogP contribution >= 0.6 is 11.8 Å². The molecule has 1 heterocycles. The molecule has 1 aromatic heterocycles. The van der Waals surface area contributed by atoms with E-state index >= 15 is 0 Å².